The van der Waals surface area contributed by atoms with E-state index in [1.165, 1.54) is 12.4 Å². The van der Waals surface area contributed by atoms with Gasteiger partial charge in [-0.1, -0.05) is 24.3 Å². The first-order valence-electron chi connectivity index (χ1n) is 10.3. The summed E-state index contributed by atoms with van der Waals surface area (Å²) in [5.41, 5.74) is 3.94. The number of fused-ring (bicyclic) bond motifs is 2. The van der Waals surface area contributed by atoms with E-state index in [2.05, 4.69) is 10.2 Å². The van der Waals surface area contributed by atoms with E-state index in [0.29, 0.717) is 11.4 Å². The Bertz CT molecular complexity index is 1470. The summed E-state index contributed by atoms with van der Waals surface area (Å²) in [5.74, 6) is 0. The molecule has 0 spiro atoms. The molecular formula is C25H22N4O3. The summed E-state index contributed by atoms with van der Waals surface area (Å²) in [6.45, 7) is 5.53. The molecule has 32 heavy (non-hydrogen) atoms. The van der Waals surface area contributed by atoms with Crippen molar-refractivity contribution in [3.8, 4) is 22.5 Å². The minimum absolute atomic E-state index is 0.453. The first-order chi connectivity index (χ1) is 15.3. The molecule has 3 heterocycles. The Hall–Kier alpha value is -4.13. The fourth-order valence-corrected chi connectivity index (χ4v) is 3.85. The molecule has 0 aliphatic carbocycles. The number of nitrogens with one attached hydrogen (secondary N) is 1. The second-order valence-electron chi connectivity index (χ2n) is 8.69. The topological polar surface area (TPSA) is 86.9 Å². The van der Waals surface area contributed by atoms with Gasteiger partial charge in [0.15, 0.2) is 12.4 Å². The van der Waals surface area contributed by atoms with Gasteiger partial charge in [0.05, 0.1) is 16.7 Å². The maximum atomic E-state index is 13.1. The van der Waals surface area contributed by atoms with Crippen LogP contribution < -0.4 is 4.73 Å². The van der Waals surface area contributed by atoms with E-state index in [-0.39, 0.29) is 0 Å². The lowest BCUT2D eigenvalue weighted by molar-refractivity contribution is -0.604. The van der Waals surface area contributed by atoms with Crippen LogP contribution in [0.1, 0.15) is 20.8 Å². The van der Waals surface area contributed by atoms with Crippen molar-refractivity contribution in [3.63, 3.8) is 0 Å². The van der Waals surface area contributed by atoms with Gasteiger partial charge in [-0.05, 0) is 56.7 Å². The molecule has 3 aromatic heterocycles. The zero-order valence-electron chi connectivity index (χ0n) is 18.0. The molecule has 0 fully saturated rings. The third-order valence-corrected chi connectivity index (χ3v) is 5.20. The molecule has 0 radical (unpaired) electrons. The molecule has 0 aliphatic rings. The molecule has 0 bridgehead atoms. The Morgan fingerprint density at radius 2 is 1.88 bits per heavy atom. The van der Waals surface area contributed by atoms with Crippen LogP contribution in [0.15, 0.2) is 73.1 Å². The Kier molecular flexibility index (Phi) is 4.48. The molecule has 2 aromatic carbocycles. The van der Waals surface area contributed by atoms with Crippen molar-refractivity contribution < 1.29 is 14.3 Å². The van der Waals surface area contributed by atoms with E-state index in [1.54, 1.807) is 10.6 Å². The predicted octanol–water partition coefficient (Wildman–Crippen LogP) is 5.27. The highest BCUT2D eigenvalue weighted by Crippen LogP contribution is 2.34. The molecule has 0 saturated carbocycles. The lowest BCUT2D eigenvalue weighted by Crippen LogP contribution is -2.27. The van der Waals surface area contributed by atoms with Crippen LogP contribution in [0.2, 0.25) is 0 Å². The molecule has 1 N–H and O–H groups in total. The van der Waals surface area contributed by atoms with Crippen LogP contribution in [0.4, 0.5) is 4.79 Å². The summed E-state index contributed by atoms with van der Waals surface area (Å²) < 4.78 is 8.03. The zero-order valence-corrected chi connectivity index (χ0v) is 18.0. The largest absolute Gasteiger partial charge is 0.619 e. The van der Waals surface area contributed by atoms with E-state index >= 15 is 0 Å². The summed E-state index contributed by atoms with van der Waals surface area (Å²) >= 11 is 0. The van der Waals surface area contributed by atoms with Gasteiger partial charge in [-0.3, -0.25) is 5.10 Å². The van der Waals surface area contributed by atoms with Gasteiger partial charge in [0.2, 0.25) is 0 Å². The van der Waals surface area contributed by atoms with Crippen LogP contribution in [-0.4, -0.2) is 26.5 Å². The third-order valence-electron chi connectivity index (χ3n) is 5.20. The second-order valence-corrected chi connectivity index (χ2v) is 8.69. The highest BCUT2D eigenvalue weighted by molar-refractivity contribution is 6.01. The van der Waals surface area contributed by atoms with Crippen molar-refractivity contribution in [1.29, 1.82) is 0 Å². The highest BCUT2D eigenvalue weighted by atomic mass is 16.6. The Morgan fingerprint density at radius 1 is 1.06 bits per heavy atom. The molecule has 0 saturated heterocycles. The SMILES string of the molecule is CC(C)(C)OC(=O)n1c(-c2n[nH]c3cc(-c4ccc[n+]([O-])c4)ccc23)cc2ccccc21. The van der Waals surface area contributed by atoms with Gasteiger partial charge in [0, 0.05) is 22.4 Å². The monoisotopic (exact) mass is 426 g/mol. The molecule has 160 valence electrons. The van der Waals surface area contributed by atoms with E-state index in [0.717, 1.165) is 37.7 Å². The summed E-state index contributed by atoms with van der Waals surface area (Å²) in [5, 5.41) is 21.0. The smallest absolute Gasteiger partial charge is 0.419 e. The number of para-hydroxylation sites is 1. The number of rotatable bonds is 2. The van der Waals surface area contributed by atoms with Crippen molar-refractivity contribution in [2.24, 2.45) is 0 Å². The van der Waals surface area contributed by atoms with Gasteiger partial charge in [-0.2, -0.15) is 9.83 Å². The Labute approximate surface area is 184 Å². The fourth-order valence-electron chi connectivity index (χ4n) is 3.85. The number of ether oxygens (including phenoxy) is 1. The van der Waals surface area contributed by atoms with Gasteiger partial charge < -0.3 is 9.94 Å². The Balaban J connectivity index is 1.66. The summed E-state index contributed by atoms with van der Waals surface area (Å²) in [6, 6.07) is 19.1. The van der Waals surface area contributed by atoms with Gasteiger partial charge >= 0.3 is 6.09 Å². The maximum Gasteiger partial charge on any atom is 0.419 e. The normalized spacial score (nSPS) is 11.8. The van der Waals surface area contributed by atoms with Crippen molar-refractivity contribution in [2.45, 2.75) is 26.4 Å². The van der Waals surface area contributed by atoms with Crippen molar-refractivity contribution in [1.82, 2.24) is 14.8 Å². The van der Waals surface area contributed by atoms with E-state index in [1.807, 2.05) is 75.4 Å². The number of pyridine rings is 1. The van der Waals surface area contributed by atoms with E-state index in [4.69, 9.17) is 4.74 Å². The number of H-pyrrole nitrogens is 1. The molecule has 5 rings (SSSR count). The van der Waals surface area contributed by atoms with Gasteiger partial charge in [0.1, 0.15) is 11.3 Å². The third kappa shape index (κ3) is 3.47. The number of aromatic nitrogens is 4. The van der Waals surface area contributed by atoms with Crippen LogP contribution in [0, 0.1) is 5.21 Å². The van der Waals surface area contributed by atoms with Crippen LogP contribution >= 0.6 is 0 Å². The van der Waals surface area contributed by atoms with Crippen LogP contribution in [0.25, 0.3) is 44.3 Å². The number of nitrogens with zero attached hydrogens (tertiary/aromatic N) is 3. The second kappa shape index (κ2) is 7.23. The fraction of sp³-hybridized carbons (Fsp3) is 0.160. The molecule has 0 aliphatic heterocycles. The van der Waals surface area contributed by atoms with Crippen LogP contribution in [0.5, 0.6) is 0 Å². The molecule has 7 heteroatoms. The summed E-state index contributed by atoms with van der Waals surface area (Å²) in [7, 11) is 0. The summed E-state index contributed by atoms with van der Waals surface area (Å²) in [6.07, 6.45) is 2.52. The molecular weight excluding hydrogens is 404 g/mol. The standard InChI is InChI=1S/C25H22N4O3/c1-25(2,3)32-24(30)29-21-9-5-4-7-17(21)14-22(29)23-19-11-10-16(13-20(19)26-27-23)18-8-6-12-28(31)15-18/h4-15H,1-3H3,(H,26,27). The number of benzene rings is 2. The molecule has 5 aromatic rings. The average molecular weight is 426 g/mol. The number of hydrogen-bond donors (Lipinski definition) is 1. The van der Waals surface area contributed by atoms with Crippen molar-refractivity contribution in [3.05, 3.63) is 78.3 Å². The number of hydrogen-bond acceptors (Lipinski definition) is 4. The quantitative estimate of drug-likeness (QED) is 0.308. The van der Waals surface area contributed by atoms with Crippen molar-refractivity contribution in [2.75, 3.05) is 0 Å². The molecule has 0 atom stereocenters. The minimum Gasteiger partial charge on any atom is -0.619 e. The van der Waals surface area contributed by atoms with Crippen LogP contribution in [0.3, 0.4) is 0 Å². The minimum atomic E-state index is -0.629. The first-order valence-corrected chi connectivity index (χ1v) is 10.3. The van der Waals surface area contributed by atoms with Gasteiger partial charge in [-0.25, -0.2) is 9.36 Å². The average Bonchev–Trinajstić information content (AvgIpc) is 3.33. The number of carbonyl (C=O) groups excluding carboxylic acids is 1. The first kappa shape index (κ1) is 19.8. The van der Waals surface area contributed by atoms with E-state index in [9.17, 15) is 10.0 Å². The lowest BCUT2D eigenvalue weighted by atomic mass is 10.0. The van der Waals surface area contributed by atoms with Gasteiger partial charge in [-0.15, -0.1) is 0 Å². The number of carbonyl (C=O) groups is 1. The van der Waals surface area contributed by atoms with E-state index < -0.39 is 11.7 Å². The maximum absolute atomic E-state index is 13.1. The Morgan fingerprint density at radius 3 is 2.66 bits per heavy atom. The van der Waals surface area contributed by atoms with Gasteiger partial charge in [0.25, 0.3) is 0 Å². The molecule has 0 amide bonds. The lowest BCUT2D eigenvalue weighted by Gasteiger charge is -2.20. The summed E-state index contributed by atoms with van der Waals surface area (Å²) in [4.78, 5) is 13.1. The molecule has 0 unspecified atom stereocenters. The number of aromatic amines is 1. The molecule has 7 nitrogen and oxygen atoms in total. The van der Waals surface area contributed by atoms with Crippen LogP contribution in [-0.2, 0) is 4.74 Å². The van der Waals surface area contributed by atoms with Crippen molar-refractivity contribution >= 4 is 27.9 Å². The predicted molar refractivity (Wildman–Crippen MR) is 123 cm³/mol. The zero-order chi connectivity index (χ0) is 22.5. The highest BCUT2D eigenvalue weighted by Gasteiger charge is 2.24.